The fourth-order valence-electron chi connectivity index (χ4n) is 3.45. The zero-order valence-electron chi connectivity index (χ0n) is 17.7. The molecule has 0 radical (unpaired) electrons. The van der Waals surface area contributed by atoms with Crippen molar-refractivity contribution in [2.24, 2.45) is 0 Å². The van der Waals surface area contributed by atoms with E-state index in [0.29, 0.717) is 49.5 Å². The quantitative estimate of drug-likeness (QED) is 0.578. The number of hydrogen-bond donors (Lipinski definition) is 1. The van der Waals surface area contributed by atoms with Crippen molar-refractivity contribution in [2.75, 3.05) is 40.5 Å². The number of aryl methyl sites for hydroxylation is 1. The molecule has 0 spiro atoms. The van der Waals surface area contributed by atoms with Crippen molar-refractivity contribution in [2.45, 2.75) is 13.5 Å². The Kier molecular flexibility index (Phi) is 7.67. The molecule has 0 aromatic heterocycles. The fourth-order valence-corrected chi connectivity index (χ4v) is 3.66. The zero-order chi connectivity index (χ0) is 22.5. The number of hydrogen-bond acceptors (Lipinski definition) is 6. The van der Waals surface area contributed by atoms with Gasteiger partial charge in [-0.2, -0.15) is 0 Å². The summed E-state index contributed by atoms with van der Waals surface area (Å²) in [6.07, 6.45) is 1.30. The molecule has 6 nitrogen and oxygen atoms in total. The predicted octanol–water partition coefficient (Wildman–Crippen LogP) is 4.20. The van der Waals surface area contributed by atoms with Gasteiger partial charge in [0.2, 0.25) is 5.78 Å². The number of ether oxygens (including phenoxy) is 3. The lowest BCUT2D eigenvalue weighted by molar-refractivity contribution is 0.101. The van der Waals surface area contributed by atoms with E-state index in [1.807, 2.05) is 4.90 Å². The topological polar surface area (TPSA) is 68.2 Å². The molecule has 0 bridgehead atoms. The number of rotatable bonds is 9. The smallest absolute Gasteiger partial charge is 0.232 e. The molecule has 0 fully saturated rings. The Morgan fingerprint density at radius 2 is 1.90 bits per heavy atom. The minimum absolute atomic E-state index is 0.0223. The Hall–Kier alpha value is -2.45. The summed E-state index contributed by atoms with van der Waals surface area (Å²) in [6.45, 7) is 4.23. The van der Waals surface area contributed by atoms with Gasteiger partial charge in [-0.1, -0.05) is 17.7 Å². The van der Waals surface area contributed by atoms with Gasteiger partial charge in [0.25, 0.3) is 0 Å². The zero-order valence-corrected chi connectivity index (χ0v) is 18.5. The molecule has 0 saturated carbocycles. The van der Waals surface area contributed by atoms with Crippen molar-refractivity contribution in [1.29, 1.82) is 0 Å². The van der Waals surface area contributed by atoms with Gasteiger partial charge in [0.1, 0.15) is 17.3 Å². The second kappa shape index (κ2) is 10.2. The van der Waals surface area contributed by atoms with Crippen LogP contribution in [0.5, 0.6) is 11.5 Å². The Morgan fingerprint density at radius 3 is 2.52 bits per heavy atom. The summed E-state index contributed by atoms with van der Waals surface area (Å²) in [5.74, 6) is -0.682. The Bertz CT molecular complexity index is 980. The number of phenolic OH excluding ortho intramolecular Hbond substituents is 1. The molecule has 3 rings (SSSR count). The van der Waals surface area contributed by atoms with Crippen LogP contribution in [0.15, 0.2) is 30.0 Å². The van der Waals surface area contributed by atoms with Crippen LogP contribution in [0.4, 0.5) is 4.39 Å². The van der Waals surface area contributed by atoms with E-state index >= 15 is 0 Å². The largest absolute Gasteiger partial charge is 0.507 e. The lowest BCUT2D eigenvalue weighted by atomic mass is 9.99. The maximum atomic E-state index is 14.2. The molecule has 166 valence electrons. The van der Waals surface area contributed by atoms with Crippen LogP contribution in [0, 0.1) is 12.7 Å². The number of allylic oxidation sites excluding steroid dienone is 1. The molecule has 1 N–H and O–H groups in total. The highest BCUT2D eigenvalue weighted by molar-refractivity contribution is 6.32. The van der Waals surface area contributed by atoms with E-state index in [-0.39, 0.29) is 33.6 Å². The highest BCUT2D eigenvalue weighted by Gasteiger charge is 2.34. The average molecular weight is 450 g/mol. The van der Waals surface area contributed by atoms with Crippen LogP contribution < -0.4 is 4.74 Å². The maximum Gasteiger partial charge on any atom is 0.232 e. The van der Waals surface area contributed by atoms with Gasteiger partial charge >= 0.3 is 0 Å². The summed E-state index contributed by atoms with van der Waals surface area (Å²) in [6, 6.07) is 5.83. The van der Waals surface area contributed by atoms with Crippen molar-refractivity contribution >= 4 is 23.5 Å². The second-order valence-electron chi connectivity index (χ2n) is 7.23. The van der Waals surface area contributed by atoms with Crippen molar-refractivity contribution < 1.29 is 28.5 Å². The Balaban J connectivity index is 1.99. The molecule has 0 atom stereocenters. The summed E-state index contributed by atoms with van der Waals surface area (Å²) < 4.78 is 30.4. The number of nitrogens with zero attached hydrogens (tertiary/aromatic N) is 1. The molecule has 31 heavy (non-hydrogen) atoms. The van der Waals surface area contributed by atoms with Gasteiger partial charge in [-0.3, -0.25) is 9.69 Å². The van der Waals surface area contributed by atoms with E-state index in [2.05, 4.69) is 0 Å². The molecule has 1 aliphatic heterocycles. The molecule has 0 unspecified atom stereocenters. The number of carbonyl (C=O) groups excluding carboxylic acids is 1. The Morgan fingerprint density at radius 1 is 1.23 bits per heavy atom. The minimum atomic E-state index is -0.558. The normalized spacial score (nSPS) is 14.4. The van der Waals surface area contributed by atoms with E-state index in [1.54, 1.807) is 27.2 Å². The van der Waals surface area contributed by atoms with E-state index in [4.69, 9.17) is 25.8 Å². The summed E-state index contributed by atoms with van der Waals surface area (Å²) in [5, 5.41) is 10.8. The lowest BCUT2D eigenvalue weighted by Gasteiger charge is -2.23. The molecule has 1 aliphatic rings. The molecule has 0 aliphatic carbocycles. The standard InChI is InChI=1S/C23H25ClFNO5/c1-14-11-19(27)16(13-26(7-9-29-2)8-10-30-3)23-21(14)22(28)20(31-23)12-15-17(24)5-4-6-18(15)25/h4-6,11-12,27H,7-10,13H2,1-3H3/b20-12+. The third-order valence-electron chi connectivity index (χ3n) is 5.10. The van der Waals surface area contributed by atoms with Crippen molar-refractivity contribution in [3.63, 3.8) is 0 Å². The lowest BCUT2D eigenvalue weighted by Crippen LogP contribution is -2.30. The van der Waals surface area contributed by atoms with E-state index < -0.39 is 5.82 Å². The maximum absolute atomic E-state index is 14.2. The summed E-state index contributed by atoms with van der Waals surface area (Å²) in [4.78, 5) is 15.1. The molecule has 0 amide bonds. The number of benzene rings is 2. The van der Waals surface area contributed by atoms with Crippen LogP contribution in [0.25, 0.3) is 6.08 Å². The van der Waals surface area contributed by atoms with Gasteiger partial charge in [-0.15, -0.1) is 0 Å². The first-order chi connectivity index (χ1) is 14.9. The van der Waals surface area contributed by atoms with Crippen LogP contribution in [-0.4, -0.2) is 56.3 Å². The van der Waals surface area contributed by atoms with Gasteiger partial charge in [-0.05, 0) is 36.8 Å². The van der Waals surface area contributed by atoms with Gasteiger partial charge in [-0.25, -0.2) is 4.39 Å². The van der Waals surface area contributed by atoms with Crippen LogP contribution >= 0.6 is 11.6 Å². The number of Topliss-reactive ketones (excluding diaryl/α,β-unsaturated/α-hetero) is 1. The van der Waals surface area contributed by atoms with Crippen molar-refractivity contribution in [3.8, 4) is 11.5 Å². The number of halogens is 2. The van der Waals surface area contributed by atoms with Gasteiger partial charge in [0, 0.05) is 39.4 Å². The second-order valence-corrected chi connectivity index (χ2v) is 7.64. The highest BCUT2D eigenvalue weighted by Crippen LogP contribution is 2.42. The summed E-state index contributed by atoms with van der Waals surface area (Å²) in [7, 11) is 3.23. The molecule has 2 aromatic carbocycles. The number of phenols is 1. The molecular formula is C23H25ClFNO5. The highest BCUT2D eigenvalue weighted by atomic mass is 35.5. The van der Waals surface area contributed by atoms with Crippen LogP contribution in [0.2, 0.25) is 5.02 Å². The third-order valence-corrected chi connectivity index (χ3v) is 5.43. The molecule has 0 saturated heterocycles. The average Bonchev–Trinajstić information content (AvgIpc) is 3.06. The summed E-state index contributed by atoms with van der Waals surface area (Å²) in [5.41, 5.74) is 1.48. The minimum Gasteiger partial charge on any atom is -0.507 e. The molecular weight excluding hydrogens is 425 g/mol. The van der Waals surface area contributed by atoms with Gasteiger partial charge in [0.05, 0.1) is 29.4 Å². The summed E-state index contributed by atoms with van der Waals surface area (Å²) >= 11 is 6.10. The number of methoxy groups -OCH3 is 2. The number of fused-ring (bicyclic) bond motifs is 1. The SMILES string of the molecule is COCCN(CCOC)Cc1c(O)cc(C)c2c1O/C(=C/c1c(F)cccc1Cl)C2=O. The molecule has 2 aromatic rings. The first-order valence-corrected chi connectivity index (χ1v) is 10.2. The van der Waals surface area contributed by atoms with Crippen LogP contribution in [0.3, 0.4) is 0 Å². The Labute approximate surface area is 185 Å². The van der Waals surface area contributed by atoms with E-state index in [9.17, 15) is 14.3 Å². The predicted molar refractivity (Wildman–Crippen MR) is 116 cm³/mol. The first kappa shape index (κ1) is 23.2. The van der Waals surface area contributed by atoms with E-state index in [1.165, 1.54) is 24.3 Å². The van der Waals surface area contributed by atoms with Crippen molar-refractivity contribution in [3.05, 3.63) is 63.1 Å². The number of aromatic hydroxyl groups is 1. The molecule has 1 heterocycles. The van der Waals surface area contributed by atoms with Crippen LogP contribution in [0.1, 0.15) is 27.0 Å². The van der Waals surface area contributed by atoms with Gasteiger partial charge in [0.15, 0.2) is 5.76 Å². The van der Waals surface area contributed by atoms with Gasteiger partial charge < -0.3 is 19.3 Å². The number of carbonyl (C=O) groups is 1. The fraction of sp³-hybridized carbons (Fsp3) is 0.348. The molecule has 8 heteroatoms. The first-order valence-electron chi connectivity index (χ1n) is 9.81. The number of ketones is 1. The monoisotopic (exact) mass is 449 g/mol. The third kappa shape index (κ3) is 5.07. The van der Waals surface area contributed by atoms with E-state index in [0.717, 1.165) is 0 Å². The van der Waals surface area contributed by atoms with Crippen LogP contribution in [-0.2, 0) is 16.0 Å². The van der Waals surface area contributed by atoms with Crippen molar-refractivity contribution in [1.82, 2.24) is 4.90 Å².